The Morgan fingerprint density at radius 2 is 2.25 bits per heavy atom. The average molecular weight is 314 g/mol. The van der Waals surface area contributed by atoms with Gasteiger partial charge in [-0.1, -0.05) is 23.2 Å². The van der Waals surface area contributed by atoms with Crippen LogP contribution in [-0.2, 0) is 26.6 Å². The van der Waals surface area contributed by atoms with Crippen LogP contribution in [0.3, 0.4) is 0 Å². The Balaban J connectivity index is 2.03. The molecule has 8 heteroatoms. The van der Waals surface area contributed by atoms with Crippen LogP contribution in [0.5, 0.6) is 0 Å². The van der Waals surface area contributed by atoms with Crippen molar-refractivity contribution in [3.05, 3.63) is 46.5 Å². The number of benzene rings is 1. The van der Waals surface area contributed by atoms with Gasteiger partial charge in [-0.2, -0.15) is 5.10 Å². The molecule has 3 rings (SSSR count). The second-order valence-electron chi connectivity index (χ2n) is 4.23. The molecular formula is C12H9Cl2N3O3. The van der Waals surface area contributed by atoms with Gasteiger partial charge >= 0.3 is 5.97 Å². The SMILES string of the molecule is O=C1COC(Cn2cncn2)(c2ccc(Cl)cc2Cl)O1. The highest BCUT2D eigenvalue weighted by atomic mass is 35.5. The Labute approximate surface area is 124 Å². The van der Waals surface area contributed by atoms with E-state index in [9.17, 15) is 4.79 Å². The first-order valence-corrected chi connectivity index (χ1v) is 6.48. The first kappa shape index (κ1) is 13.4. The van der Waals surface area contributed by atoms with Gasteiger partial charge in [0.25, 0.3) is 5.79 Å². The summed E-state index contributed by atoms with van der Waals surface area (Å²) >= 11 is 12.1. The minimum atomic E-state index is -1.31. The van der Waals surface area contributed by atoms with Gasteiger partial charge in [-0.25, -0.2) is 14.5 Å². The third-order valence-electron chi connectivity index (χ3n) is 2.88. The fraction of sp³-hybridized carbons (Fsp3) is 0.250. The third kappa shape index (κ3) is 2.37. The number of nitrogens with zero attached hydrogens (tertiary/aromatic N) is 3. The van der Waals surface area contributed by atoms with Gasteiger partial charge in [-0.05, 0) is 18.2 Å². The zero-order chi connectivity index (χ0) is 14.2. The van der Waals surface area contributed by atoms with Crippen molar-refractivity contribution in [1.82, 2.24) is 14.8 Å². The monoisotopic (exact) mass is 313 g/mol. The van der Waals surface area contributed by atoms with Crippen molar-refractivity contribution in [1.29, 1.82) is 0 Å². The van der Waals surface area contributed by atoms with E-state index in [0.717, 1.165) is 0 Å². The van der Waals surface area contributed by atoms with Crippen LogP contribution in [-0.4, -0.2) is 27.3 Å². The lowest BCUT2D eigenvalue weighted by Gasteiger charge is -2.27. The summed E-state index contributed by atoms with van der Waals surface area (Å²) in [5.41, 5.74) is 0.518. The highest BCUT2D eigenvalue weighted by molar-refractivity contribution is 6.35. The van der Waals surface area contributed by atoms with Gasteiger partial charge in [0.15, 0.2) is 0 Å². The van der Waals surface area contributed by atoms with Gasteiger partial charge in [0.05, 0.1) is 5.02 Å². The Morgan fingerprint density at radius 3 is 2.85 bits per heavy atom. The van der Waals surface area contributed by atoms with Gasteiger partial charge in [-0.3, -0.25) is 0 Å². The number of rotatable bonds is 3. The number of hydrogen-bond donors (Lipinski definition) is 0. The predicted molar refractivity (Wildman–Crippen MR) is 70.2 cm³/mol. The van der Waals surface area contributed by atoms with Gasteiger partial charge in [-0.15, -0.1) is 0 Å². The first-order chi connectivity index (χ1) is 9.59. The van der Waals surface area contributed by atoms with Crippen molar-refractivity contribution in [2.75, 3.05) is 6.61 Å². The number of aromatic nitrogens is 3. The molecule has 1 saturated heterocycles. The summed E-state index contributed by atoms with van der Waals surface area (Å²) in [6, 6.07) is 4.89. The molecular weight excluding hydrogens is 305 g/mol. The normalized spacial score (nSPS) is 22.0. The fourth-order valence-corrected chi connectivity index (χ4v) is 2.59. The molecule has 2 heterocycles. The van der Waals surface area contributed by atoms with E-state index in [-0.39, 0.29) is 13.2 Å². The van der Waals surface area contributed by atoms with Crippen molar-refractivity contribution in [3.63, 3.8) is 0 Å². The van der Waals surface area contributed by atoms with Gasteiger partial charge < -0.3 is 9.47 Å². The number of halogens is 2. The van der Waals surface area contributed by atoms with E-state index >= 15 is 0 Å². The van der Waals surface area contributed by atoms with E-state index in [2.05, 4.69) is 10.1 Å². The van der Waals surface area contributed by atoms with E-state index in [1.165, 1.54) is 17.3 Å². The van der Waals surface area contributed by atoms with Crippen molar-refractivity contribution < 1.29 is 14.3 Å². The summed E-state index contributed by atoms with van der Waals surface area (Å²) in [4.78, 5) is 15.3. The minimum absolute atomic E-state index is 0.145. The zero-order valence-electron chi connectivity index (χ0n) is 10.1. The quantitative estimate of drug-likeness (QED) is 0.811. The molecule has 6 nitrogen and oxygen atoms in total. The molecule has 20 heavy (non-hydrogen) atoms. The van der Waals surface area contributed by atoms with Gasteiger partial charge in [0, 0.05) is 10.6 Å². The maximum Gasteiger partial charge on any atom is 0.335 e. The standard InChI is InChI=1S/C12H9Cl2N3O3/c13-8-1-2-9(10(14)3-8)12(19-4-11(18)20-12)5-17-7-15-6-16-17/h1-3,6-7H,4-5H2. The number of ether oxygens (including phenoxy) is 2. The highest BCUT2D eigenvalue weighted by Gasteiger charge is 2.45. The number of hydrogen-bond acceptors (Lipinski definition) is 5. The summed E-state index contributed by atoms with van der Waals surface area (Å²) < 4.78 is 12.4. The molecule has 0 saturated carbocycles. The molecule has 1 atom stereocenters. The number of carbonyl (C=O) groups is 1. The molecule has 0 spiro atoms. The van der Waals surface area contributed by atoms with Crippen LogP contribution in [0.15, 0.2) is 30.9 Å². The molecule has 104 valence electrons. The lowest BCUT2D eigenvalue weighted by molar-refractivity contribution is -0.187. The van der Waals surface area contributed by atoms with Crippen LogP contribution in [0.1, 0.15) is 5.56 Å². The lowest BCUT2D eigenvalue weighted by atomic mass is 10.1. The van der Waals surface area contributed by atoms with E-state index in [1.807, 2.05) is 0 Å². The minimum Gasteiger partial charge on any atom is -0.425 e. The van der Waals surface area contributed by atoms with Crippen molar-refractivity contribution in [3.8, 4) is 0 Å². The largest absolute Gasteiger partial charge is 0.425 e. The first-order valence-electron chi connectivity index (χ1n) is 5.73. The molecule has 0 aliphatic carbocycles. The topological polar surface area (TPSA) is 66.2 Å². The van der Waals surface area contributed by atoms with Crippen LogP contribution >= 0.6 is 23.2 Å². The highest BCUT2D eigenvalue weighted by Crippen LogP contribution is 2.38. The van der Waals surface area contributed by atoms with Crippen LogP contribution in [0.2, 0.25) is 10.0 Å². The summed E-state index contributed by atoms with van der Waals surface area (Å²) in [7, 11) is 0. The number of esters is 1. The molecule has 1 aromatic carbocycles. The summed E-state index contributed by atoms with van der Waals surface area (Å²) in [6.45, 7) is 0.00768. The smallest absolute Gasteiger partial charge is 0.335 e. The molecule has 0 radical (unpaired) electrons. The van der Waals surface area contributed by atoms with Crippen molar-refractivity contribution in [2.45, 2.75) is 12.3 Å². The molecule has 2 aromatic rings. The van der Waals surface area contributed by atoms with Crippen LogP contribution in [0, 0.1) is 0 Å². The molecule has 1 aliphatic rings. The molecule has 0 N–H and O–H groups in total. The molecule has 0 bridgehead atoms. The summed E-state index contributed by atoms with van der Waals surface area (Å²) in [5.74, 6) is -1.77. The molecule has 1 fully saturated rings. The van der Waals surface area contributed by atoms with Crippen LogP contribution in [0.25, 0.3) is 0 Å². The van der Waals surface area contributed by atoms with Gasteiger partial charge in [0.2, 0.25) is 0 Å². The fourth-order valence-electron chi connectivity index (χ4n) is 2.04. The van der Waals surface area contributed by atoms with E-state index in [4.69, 9.17) is 32.7 Å². The molecule has 1 aliphatic heterocycles. The van der Waals surface area contributed by atoms with E-state index in [0.29, 0.717) is 15.6 Å². The Morgan fingerprint density at radius 1 is 1.40 bits per heavy atom. The second kappa shape index (κ2) is 5.05. The lowest BCUT2D eigenvalue weighted by Crippen LogP contribution is -2.33. The second-order valence-corrected chi connectivity index (χ2v) is 5.08. The predicted octanol–water partition coefficient (Wildman–Crippen LogP) is 2.01. The van der Waals surface area contributed by atoms with Crippen molar-refractivity contribution in [2.24, 2.45) is 0 Å². The third-order valence-corrected chi connectivity index (χ3v) is 3.43. The maximum atomic E-state index is 11.5. The molecule has 1 aromatic heterocycles. The number of cyclic esters (lactones) is 1. The summed E-state index contributed by atoms with van der Waals surface area (Å²) in [6.07, 6.45) is 2.88. The maximum absolute atomic E-state index is 11.5. The average Bonchev–Trinajstić information content (AvgIpc) is 3.00. The van der Waals surface area contributed by atoms with Gasteiger partial charge in [0.1, 0.15) is 25.8 Å². The van der Waals surface area contributed by atoms with Crippen LogP contribution in [0.4, 0.5) is 0 Å². The molecule has 0 amide bonds. The zero-order valence-corrected chi connectivity index (χ0v) is 11.6. The summed E-state index contributed by atoms with van der Waals surface area (Å²) in [5, 5.41) is 4.83. The Kier molecular flexibility index (Phi) is 3.37. The number of carbonyl (C=O) groups excluding carboxylic acids is 1. The van der Waals surface area contributed by atoms with E-state index < -0.39 is 11.8 Å². The molecule has 1 unspecified atom stereocenters. The van der Waals surface area contributed by atoms with E-state index in [1.54, 1.807) is 18.2 Å². The Hall–Kier alpha value is -1.63. The van der Waals surface area contributed by atoms with Crippen LogP contribution < -0.4 is 0 Å². The Bertz CT molecular complexity index is 647. The van der Waals surface area contributed by atoms with Crippen molar-refractivity contribution >= 4 is 29.2 Å².